The van der Waals surface area contributed by atoms with Gasteiger partial charge in [-0.2, -0.15) is 0 Å². The molecule has 2 fully saturated rings. The van der Waals surface area contributed by atoms with Crippen molar-refractivity contribution in [1.82, 2.24) is 0 Å². The summed E-state index contributed by atoms with van der Waals surface area (Å²) in [6.45, 7) is 6.59. The van der Waals surface area contributed by atoms with Crippen molar-refractivity contribution in [2.45, 2.75) is 64.8 Å². The summed E-state index contributed by atoms with van der Waals surface area (Å²) < 4.78 is 0. The number of nitrogens with one attached hydrogen (secondary N) is 1. The summed E-state index contributed by atoms with van der Waals surface area (Å²) in [7, 11) is 0. The van der Waals surface area contributed by atoms with Crippen LogP contribution in [0.5, 0.6) is 0 Å². The first-order valence-electron chi connectivity index (χ1n) is 8.89. The maximum absolute atomic E-state index is 3.82. The number of anilines is 2. The summed E-state index contributed by atoms with van der Waals surface area (Å²) in [5.41, 5.74) is 3.28. The van der Waals surface area contributed by atoms with E-state index in [4.69, 9.17) is 0 Å². The fraction of sp³-hybridized carbons (Fsp3) is 0.684. The van der Waals surface area contributed by atoms with Crippen LogP contribution < -0.4 is 10.2 Å². The highest BCUT2D eigenvalue weighted by molar-refractivity contribution is 5.55. The summed E-state index contributed by atoms with van der Waals surface area (Å²) >= 11 is 0. The standard InChI is InChI=1S/C19H30N2/c1-3-21(4-2)17-10-8-16(9-11-17)20-18-12-15-19(18)13-6-5-7-14-19/h8-11,18,20H,3-7,12-15H2,1-2H3. The third-order valence-corrected chi connectivity index (χ3v) is 5.86. The molecule has 1 aromatic carbocycles. The lowest BCUT2D eigenvalue weighted by Crippen LogP contribution is -2.50. The summed E-state index contributed by atoms with van der Waals surface area (Å²) in [5.74, 6) is 0. The van der Waals surface area contributed by atoms with E-state index in [9.17, 15) is 0 Å². The van der Waals surface area contributed by atoms with Crippen molar-refractivity contribution in [3.63, 3.8) is 0 Å². The zero-order valence-electron chi connectivity index (χ0n) is 13.7. The molecule has 2 aliphatic carbocycles. The molecule has 0 radical (unpaired) electrons. The Labute approximate surface area is 129 Å². The Kier molecular flexibility index (Phi) is 4.42. The minimum Gasteiger partial charge on any atom is -0.382 e. The fourth-order valence-corrected chi connectivity index (χ4v) is 4.33. The van der Waals surface area contributed by atoms with Gasteiger partial charge in [-0.1, -0.05) is 19.3 Å². The van der Waals surface area contributed by atoms with Gasteiger partial charge in [0, 0.05) is 30.5 Å². The van der Waals surface area contributed by atoms with Crippen LogP contribution in [-0.2, 0) is 0 Å². The number of rotatable bonds is 5. The highest BCUT2D eigenvalue weighted by atomic mass is 15.1. The van der Waals surface area contributed by atoms with Crippen molar-refractivity contribution >= 4 is 11.4 Å². The smallest absolute Gasteiger partial charge is 0.0367 e. The first-order valence-corrected chi connectivity index (χ1v) is 8.89. The third-order valence-electron chi connectivity index (χ3n) is 5.86. The minimum atomic E-state index is 0.635. The van der Waals surface area contributed by atoms with Gasteiger partial charge in [-0.25, -0.2) is 0 Å². The maximum Gasteiger partial charge on any atom is 0.0367 e. The van der Waals surface area contributed by atoms with Crippen molar-refractivity contribution < 1.29 is 0 Å². The summed E-state index contributed by atoms with van der Waals surface area (Å²) in [4.78, 5) is 2.40. The third kappa shape index (κ3) is 2.90. The van der Waals surface area contributed by atoms with Gasteiger partial charge < -0.3 is 10.2 Å². The molecular formula is C19H30N2. The number of hydrogen-bond donors (Lipinski definition) is 1. The molecule has 0 heterocycles. The molecule has 0 aliphatic heterocycles. The lowest BCUT2D eigenvalue weighted by atomic mass is 9.57. The highest BCUT2D eigenvalue weighted by Crippen LogP contribution is 2.52. The van der Waals surface area contributed by atoms with E-state index >= 15 is 0 Å². The van der Waals surface area contributed by atoms with Crippen LogP contribution in [0.2, 0.25) is 0 Å². The van der Waals surface area contributed by atoms with Crippen LogP contribution in [0, 0.1) is 5.41 Å². The van der Waals surface area contributed by atoms with Crippen LogP contribution in [0.4, 0.5) is 11.4 Å². The van der Waals surface area contributed by atoms with Gasteiger partial charge in [-0.05, 0) is 69.2 Å². The van der Waals surface area contributed by atoms with Gasteiger partial charge in [0.1, 0.15) is 0 Å². The van der Waals surface area contributed by atoms with Crippen LogP contribution in [-0.4, -0.2) is 19.1 Å². The lowest BCUT2D eigenvalue weighted by Gasteiger charge is -2.52. The zero-order chi connectivity index (χ0) is 14.7. The molecule has 0 amide bonds. The predicted octanol–water partition coefficient (Wildman–Crippen LogP) is 5.06. The molecule has 0 bridgehead atoms. The predicted molar refractivity (Wildman–Crippen MR) is 92.2 cm³/mol. The Bertz CT molecular complexity index is 441. The average Bonchev–Trinajstić information content (AvgIpc) is 2.55. The van der Waals surface area contributed by atoms with Crippen molar-refractivity contribution in [1.29, 1.82) is 0 Å². The highest BCUT2D eigenvalue weighted by Gasteiger charge is 2.46. The molecule has 116 valence electrons. The normalized spacial score (nSPS) is 23.6. The second-order valence-corrected chi connectivity index (χ2v) is 6.88. The molecule has 2 saturated carbocycles. The summed E-state index contributed by atoms with van der Waals surface area (Å²) in [6, 6.07) is 9.78. The van der Waals surface area contributed by atoms with Crippen molar-refractivity contribution in [2.24, 2.45) is 5.41 Å². The van der Waals surface area contributed by atoms with E-state index < -0.39 is 0 Å². The van der Waals surface area contributed by atoms with Gasteiger partial charge in [-0.15, -0.1) is 0 Å². The first kappa shape index (κ1) is 14.7. The van der Waals surface area contributed by atoms with Crippen LogP contribution in [0.25, 0.3) is 0 Å². The molecule has 2 nitrogen and oxygen atoms in total. The molecule has 1 N–H and O–H groups in total. The van der Waals surface area contributed by atoms with Gasteiger partial charge in [0.25, 0.3) is 0 Å². The molecule has 2 heteroatoms. The second kappa shape index (κ2) is 6.29. The average molecular weight is 286 g/mol. The second-order valence-electron chi connectivity index (χ2n) is 6.88. The first-order chi connectivity index (χ1) is 10.3. The molecule has 0 saturated heterocycles. The van der Waals surface area contributed by atoms with E-state index in [0.717, 1.165) is 19.1 Å². The van der Waals surface area contributed by atoms with Crippen LogP contribution in [0.1, 0.15) is 58.8 Å². The molecule has 1 aromatic rings. The lowest BCUT2D eigenvalue weighted by molar-refractivity contribution is 0.0571. The van der Waals surface area contributed by atoms with E-state index in [1.165, 1.54) is 56.3 Å². The molecule has 1 unspecified atom stereocenters. The Balaban J connectivity index is 1.63. The monoisotopic (exact) mass is 286 g/mol. The zero-order valence-corrected chi connectivity index (χ0v) is 13.7. The van der Waals surface area contributed by atoms with Crippen molar-refractivity contribution in [3.8, 4) is 0 Å². The van der Waals surface area contributed by atoms with Gasteiger partial charge in [-0.3, -0.25) is 0 Å². The summed E-state index contributed by atoms with van der Waals surface area (Å²) in [5, 5.41) is 3.82. The molecule has 3 rings (SSSR count). The molecule has 0 aromatic heterocycles. The van der Waals surface area contributed by atoms with Crippen molar-refractivity contribution in [2.75, 3.05) is 23.3 Å². The Morgan fingerprint density at radius 1 is 1.00 bits per heavy atom. The number of benzene rings is 1. The molecule has 2 aliphatic rings. The van der Waals surface area contributed by atoms with Gasteiger partial charge in [0.15, 0.2) is 0 Å². The van der Waals surface area contributed by atoms with Crippen LogP contribution >= 0.6 is 0 Å². The maximum atomic E-state index is 3.82. The van der Waals surface area contributed by atoms with Gasteiger partial charge >= 0.3 is 0 Å². The minimum absolute atomic E-state index is 0.635. The van der Waals surface area contributed by atoms with E-state index in [1.807, 2.05) is 0 Å². The van der Waals surface area contributed by atoms with Gasteiger partial charge in [0.05, 0.1) is 0 Å². The van der Waals surface area contributed by atoms with E-state index in [1.54, 1.807) is 0 Å². The van der Waals surface area contributed by atoms with Crippen LogP contribution in [0.3, 0.4) is 0 Å². The largest absolute Gasteiger partial charge is 0.382 e. The van der Waals surface area contributed by atoms with Crippen LogP contribution in [0.15, 0.2) is 24.3 Å². The molecule has 21 heavy (non-hydrogen) atoms. The van der Waals surface area contributed by atoms with E-state index in [2.05, 4.69) is 48.3 Å². The molecular weight excluding hydrogens is 256 g/mol. The van der Waals surface area contributed by atoms with E-state index in [-0.39, 0.29) is 0 Å². The van der Waals surface area contributed by atoms with E-state index in [0.29, 0.717) is 5.41 Å². The SMILES string of the molecule is CCN(CC)c1ccc(NC2CCC23CCCCC3)cc1. The summed E-state index contributed by atoms with van der Waals surface area (Å²) in [6.07, 6.45) is 10.0. The number of hydrogen-bond acceptors (Lipinski definition) is 2. The van der Waals surface area contributed by atoms with Crippen molar-refractivity contribution in [3.05, 3.63) is 24.3 Å². The quantitative estimate of drug-likeness (QED) is 0.814. The Morgan fingerprint density at radius 3 is 2.19 bits per heavy atom. The Hall–Kier alpha value is -1.18. The number of nitrogens with zero attached hydrogens (tertiary/aromatic N) is 1. The topological polar surface area (TPSA) is 15.3 Å². The fourth-order valence-electron chi connectivity index (χ4n) is 4.33. The molecule has 1 atom stereocenters. The molecule has 1 spiro atoms. The Morgan fingerprint density at radius 2 is 1.67 bits per heavy atom. The van der Waals surface area contributed by atoms with Gasteiger partial charge in [0.2, 0.25) is 0 Å².